The van der Waals surface area contributed by atoms with Gasteiger partial charge in [-0.2, -0.15) is 13.2 Å². The van der Waals surface area contributed by atoms with Gasteiger partial charge < -0.3 is 15.1 Å². The number of nitrogens with one attached hydrogen (secondary N) is 1. The van der Waals surface area contributed by atoms with Crippen molar-refractivity contribution in [3.05, 3.63) is 34.9 Å². The molecule has 0 bridgehead atoms. The number of piperazine rings is 1. The molecule has 0 saturated carbocycles. The fourth-order valence-corrected chi connectivity index (χ4v) is 3.77. The Morgan fingerprint density at radius 3 is 2.52 bits per heavy atom. The Kier molecular flexibility index (Phi) is 5.32. The monoisotopic (exact) mass is 403 g/mol. The zero-order valence-corrected chi connectivity index (χ0v) is 14.9. The van der Waals surface area contributed by atoms with Gasteiger partial charge >= 0.3 is 12.1 Å². The van der Waals surface area contributed by atoms with Crippen LogP contribution in [0.25, 0.3) is 0 Å². The third-order valence-electron chi connectivity index (χ3n) is 4.74. The molecular weight excluding hydrogens is 387 g/mol. The molecule has 3 rings (SSSR count). The Labute approximate surface area is 158 Å². The highest BCUT2D eigenvalue weighted by Crippen LogP contribution is 2.32. The summed E-state index contributed by atoms with van der Waals surface area (Å²) in [6.45, 7) is 0.141. The fourth-order valence-electron chi connectivity index (χ4n) is 3.53. The van der Waals surface area contributed by atoms with Crippen molar-refractivity contribution < 1.29 is 27.6 Å². The van der Waals surface area contributed by atoms with Gasteiger partial charge in [0, 0.05) is 30.2 Å². The van der Waals surface area contributed by atoms with Crippen molar-refractivity contribution in [2.24, 2.45) is 0 Å². The van der Waals surface area contributed by atoms with Crippen molar-refractivity contribution in [3.8, 4) is 0 Å². The maximum atomic E-state index is 13.0. The minimum atomic E-state index is -5.05. The molecule has 6 nitrogen and oxygen atoms in total. The average molecular weight is 404 g/mol. The number of hydrogen-bond acceptors (Lipinski definition) is 3. The van der Waals surface area contributed by atoms with Gasteiger partial charge in [-0.05, 0) is 18.9 Å². The normalized spacial score (nSPS) is 23.3. The van der Waals surface area contributed by atoms with E-state index in [0.29, 0.717) is 10.5 Å². The highest BCUT2D eigenvalue weighted by atomic mass is 35.5. The topological polar surface area (TPSA) is 69.7 Å². The zero-order valence-electron chi connectivity index (χ0n) is 14.1. The molecule has 2 atom stereocenters. The minimum Gasteiger partial charge on any atom is -0.352 e. The van der Waals surface area contributed by atoms with E-state index < -0.39 is 36.0 Å². The first-order valence-corrected chi connectivity index (χ1v) is 8.80. The van der Waals surface area contributed by atoms with Crippen LogP contribution >= 0.6 is 11.6 Å². The molecule has 0 spiro atoms. The number of amides is 3. The maximum Gasteiger partial charge on any atom is 0.471 e. The molecule has 2 unspecified atom stereocenters. The summed E-state index contributed by atoms with van der Waals surface area (Å²) in [6.07, 6.45) is -4.65. The molecule has 27 heavy (non-hydrogen) atoms. The standard InChI is InChI=1S/C17H17ClF3N3O3/c18-11-5-2-1-4-10(11)13-14(25)22-7-9-24(13)15(26)12-6-3-8-23(12)16(27)17(19,20)21/h1-2,4-5,12-13H,3,6-9H2,(H,22,25). The number of alkyl halides is 3. The number of rotatable bonds is 2. The second-order valence-corrected chi connectivity index (χ2v) is 6.81. The van der Waals surface area contributed by atoms with Gasteiger partial charge in [-0.15, -0.1) is 0 Å². The molecule has 3 amide bonds. The molecular formula is C17H17ClF3N3O3. The molecule has 10 heteroatoms. The molecule has 2 heterocycles. The molecule has 1 aromatic carbocycles. The lowest BCUT2D eigenvalue weighted by Crippen LogP contribution is -2.57. The van der Waals surface area contributed by atoms with Gasteiger partial charge in [0.05, 0.1) is 0 Å². The van der Waals surface area contributed by atoms with Gasteiger partial charge in [0.2, 0.25) is 11.8 Å². The summed E-state index contributed by atoms with van der Waals surface area (Å²) in [5.74, 6) is -3.17. The van der Waals surface area contributed by atoms with Gasteiger partial charge in [-0.1, -0.05) is 29.8 Å². The Balaban J connectivity index is 1.90. The second-order valence-electron chi connectivity index (χ2n) is 6.40. The number of carbonyl (C=O) groups excluding carboxylic acids is 3. The number of hydrogen-bond donors (Lipinski definition) is 1. The van der Waals surface area contributed by atoms with Gasteiger partial charge in [0.1, 0.15) is 12.1 Å². The van der Waals surface area contributed by atoms with Crippen molar-refractivity contribution in [2.75, 3.05) is 19.6 Å². The molecule has 1 N–H and O–H groups in total. The Morgan fingerprint density at radius 2 is 1.85 bits per heavy atom. The molecule has 2 aliphatic rings. The summed E-state index contributed by atoms with van der Waals surface area (Å²) in [6, 6.07) is 4.18. The van der Waals surface area contributed by atoms with E-state index in [9.17, 15) is 27.6 Å². The maximum absolute atomic E-state index is 13.0. The minimum absolute atomic E-state index is 0.116. The molecule has 0 aromatic heterocycles. The summed E-state index contributed by atoms with van der Waals surface area (Å²) in [5, 5.41) is 2.91. The largest absolute Gasteiger partial charge is 0.471 e. The molecule has 0 aliphatic carbocycles. The van der Waals surface area contributed by atoms with Crippen molar-refractivity contribution in [1.29, 1.82) is 0 Å². The molecule has 2 fully saturated rings. The third-order valence-corrected chi connectivity index (χ3v) is 5.08. The van der Waals surface area contributed by atoms with Crippen LogP contribution in [0.15, 0.2) is 24.3 Å². The summed E-state index contributed by atoms with van der Waals surface area (Å²) in [7, 11) is 0. The smallest absolute Gasteiger partial charge is 0.352 e. The molecule has 2 aliphatic heterocycles. The van der Waals surface area contributed by atoms with Crippen LogP contribution in [-0.2, 0) is 14.4 Å². The zero-order chi connectivity index (χ0) is 19.8. The van der Waals surface area contributed by atoms with Gasteiger partial charge in [-0.3, -0.25) is 14.4 Å². The van der Waals surface area contributed by atoms with Crippen LogP contribution in [-0.4, -0.2) is 59.4 Å². The van der Waals surface area contributed by atoms with Crippen LogP contribution in [0.2, 0.25) is 5.02 Å². The van der Waals surface area contributed by atoms with E-state index in [1.54, 1.807) is 24.3 Å². The fraction of sp³-hybridized carbons (Fsp3) is 0.471. The number of benzene rings is 1. The second kappa shape index (κ2) is 7.38. The summed E-state index contributed by atoms with van der Waals surface area (Å²) >= 11 is 6.16. The first-order chi connectivity index (χ1) is 12.7. The van der Waals surface area contributed by atoms with Crippen LogP contribution < -0.4 is 5.32 Å². The highest BCUT2D eigenvalue weighted by Gasteiger charge is 2.49. The molecule has 0 radical (unpaired) electrons. The Morgan fingerprint density at radius 1 is 1.15 bits per heavy atom. The van der Waals surface area contributed by atoms with E-state index in [4.69, 9.17) is 11.6 Å². The van der Waals surface area contributed by atoms with Crippen molar-refractivity contribution in [1.82, 2.24) is 15.1 Å². The van der Waals surface area contributed by atoms with Crippen molar-refractivity contribution in [3.63, 3.8) is 0 Å². The van der Waals surface area contributed by atoms with Crippen LogP contribution in [0.4, 0.5) is 13.2 Å². The lowest BCUT2D eigenvalue weighted by molar-refractivity contribution is -0.187. The third kappa shape index (κ3) is 3.73. The van der Waals surface area contributed by atoms with E-state index in [1.807, 2.05) is 0 Å². The number of carbonyl (C=O) groups is 3. The van der Waals surface area contributed by atoms with Gasteiger partial charge in [0.15, 0.2) is 0 Å². The first kappa shape index (κ1) is 19.5. The first-order valence-electron chi connectivity index (χ1n) is 8.42. The lowest BCUT2D eigenvalue weighted by Gasteiger charge is -2.38. The predicted molar refractivity (Wildman–Crippen MR) is 89.7 cm³/mol. The van der Waals surface area contributed by atoms with Crippen LogP contribution in [0.1, 0.15) is 24.4 Å². The quantitative estimate of drug-likeness (QED) is 0.820. The summed E-state index contributed by atoms with van der Waals surface area (Å²) in [4.78, 5) is 38.9. The lowest BCUT2D eigenvalue weighted by atomic mass is 10.0. The highest BCUT2D eigenvalue weighted by molar-refractivity contribution is 6.31. The summed E-state index contributed by atoms with van der Waals surface area (Å²) in [5.41, 5.74) is 0.386. The van der Waals surface area contributed by atoms with Crippen LogP contribution in [0, 0.1) is 0 Å². The van der Waals surface area contributed by atoms with Crippen LogP contribution in [0.5, 0.6) is 0 Å². The van der Waals surface area contributed by atoms with E-state index in [2.05, 4.69) is 5.32 Å². The molecule has 146 valence electrons. The van der Waals surface area contributed by atoms with E-state index in [0.717, 1.165) is 0 Å². The van der Waals surface area contributed by atoms with E-state index in [-0.39, 0.29) is 37.5 Å². The van der Waals surface area contributed by atoms with E-state index in [1.165, 1.54) is 4.90 Å². The summed E-state index contributed by atoms with van der Waals surface area (Å²) < 4.78 is 38.5. The van der Waals surface area contributed by atoms with Gasteiger partial charge in [-0.25, -0.2) is 0 Å². The van der Waals surface area contributed by atoms with Crippen LogP contribution in [0.3, 0.4) is 0 Å². The molecule has 2 saturated heterocycles. The Hall–Kier alpha value is -2.29. The molecule has 1 aromatic rings. The van der Waals surface area contributed by atoms with Crippen molar-refractivity contribution in [2.45, 2.75) is 31.1 Å². The number of halogens is 4. The number of nitrogens with zero attached hydrogens (tertiary/aromatic N) is 2. The predicted octanol–water partition coefficient (Wildman–Crippen LogP) is 1.89. The van der Waals surface area contributed by atoms with E-state index >= 15 is 0 Å². The average Bonchev–Trinajstić information content (AvgIpc) is 3.09. The number of likely N-dealkylation sites (tertiary alicyclic amines) is 1. The van der Waals surface area contributed by atoms with Crippen molar-refractivity contribution >= 4 is 29.3 Å². The van der Waals surface area contributed by atoms with Gasteiger partial charge in [0.25, 0.3) is 0 Å². The SMILES string of the molecule is O=C1NCCN(C(=O)C2CCCN2C(=O)C(F)(F)F)C1c1ccccc1Cl. The Bertz CT molecular complexity index is 771.